The van der Waals surface area contributed by atoms with Crippen LogP contribution in [0.1, 0.15) is 41.1 Å². The first-order valence-corrected chi connectivity index (χ1v) is 13.0. The number of rotatable bonds is 6. The first kappa shape index (κ1) is 23.7. The number of nitrogens with one attached hydrogen (secondary N) is 3. The summed E-state index contributed by atoms with van der Waals surface area (Å²) in [5.41, 5.74) is 5.18. The maximum absolute atomic E-state index is 13.0. The zero-order valence-corrected chi connectivity index (χ0v) is 22.5. The molecule has 3 heterocycles. The predicted molar refractivity (Wildman–Crippen MR) is 152 cm³/mol. The number of aromatic amines is 1. The van der Waals surface area contributed by atoms with Gasteiger partial charge in [0.2, 0.25) is 5.91 Å². The minimum Gasteiger partial charge on any atom is -0.362 e. The molecule has 2 atom stereocenters. The zero-order chi connectivity index (χ0) is 24.5. The molecular formula is C27H26IN5OS. The van der Waals surface area contributed by atoms with Crippen molar-refractivity contribution in [2.75, 3.05) is 11.9 Å². The smallest absolute Gasteiger partial charge is 0.226 e. The van der Waals surface area contributed by atoms with E-state index in [-0.39, 0.29) is 18.0 Å². The van der Waals surface area contributed by atoms with Crippen molar-refractivity contribution in [2.45, 2.75) is 32.4 Å². The molecule has 2 aromatic heterocycles. The van der Waals surface area contributed by atoms with Crippen molar-refractivity contribution >= 4 is 62.3 Å². The van der Waals surface area contributed by atoms with Crippen LogP contribution in [0.15, 0.2) is 66.9 Å². The highest BCUT2D eigenvalue weighted by Gasteiger charge is 2.42. The topological polar surface area (TPSA) is 73.0 Å². The molecule has 0 bridgehead atoms. The van der Waals surface area contributed by atoms with E-state index in [2.05, 4.69) is 61.9 Å². The highest BCUT2D eigenvalue weighted by molar-refractivity contribution is 14.1. The number of hydrogen-bond donors (Lipinski definition) is 3. The number of anilines is 1. The summed E-state index contributed by atoms with van der Waals surface area (Å²) in [6.07, 6.45) is 2.12. The van der Waals surface area contributed by atoms with Crippen LogP contribution in [0.25, 0.3) is 10.8 Å². The molecule has 178 valence electrons. The first-order chi connectivity index (χ1) is 16.9. The minimum atomic E-state index is -0.104. The maximum Gasteiger partial charge on any atom is 0.226 e. The molecule has 1 amide bonds. The van der Waals surface area contributed by atoms with E-state index < -0.39 is 0 Å². The Morgan fingerprint density at radius 3 is 2.60 bits per heavy atom. The lowest BCUT2D eigenvalue weighted by molar-refractivity contribution is -0.116. The van der Waals surface area contributed by atoms with Crippen LogP contribution >= 0.6 is 34.8 Å². The summed E-state index contributed by atoms with van der Waals surface area (Å²) in [6.45, 7) is 4.67. The Morgan fingerprint density at radius 2 is 1.86 bits per heavy atom. The van der Waals surface area contributed by atoms with Crippen LogP contribution in [0.5, 0.6) is 0 Å². The van der Waals surface area contributed by atoms with E-state index in [0.29, 0.717) is 18.1 Å². The van der Waals surface area contributed by atoms with E-state index >= 15 is 0 Å². The molecule has 5 rings (SSSR count). The van der Waals surface area contributed by atoms with Gasteiger partial charge in [0, 0.05) is 50.8 Å². The van der Waals surface area contributed by atoms with Gasteiger partial charge in [0.15, 0.2) is 5.11 Å². The van der Waals surface area contributed by atoms with Crippen LogP contribution in [0.2, 0.25) is 0 Å². The number of thiocarbonyl (C=S) groups is 1. The number of carbonyl (C=O) groups is 1. The largest absolute Gasteiger partial charge is 0.362 e. The molecule has 2 aromatic carbocycles. The summed E-state index contributed by atoms with van der Waals surface area (Å²) in [5, 5.41) is 9.34. The average molecular weight is 596 g/mol. The van der Waals surface area contributed by atoms with Gasteiger partial charge < -0.3 is 20.5 Å². The van der Waals surface area contributed by atoms with Gasteiger partial charge in [0.1, 0.15) is 0 Å². The van der Waals surface area contributed by atoms with Crippen molar-refractivity contribution in [1.29, 1.82) is 0 Å². The molecule has 8 heteroatoms. The van der Waals surface area contributed by atoms with Crippen molar-refractivity contribution in [1.82, 2.24) is 20.2 Å². The minimum absolute atomic E-state index is 0.0409. The third-order valence-electron chi connectivity index (χ3n) is 6.48. The van der Waals surface area contributed by atoms with Gasteiger partial charge in [-0.1, -0.05) is 42.5 Å². The molecule has 0 spiro atoms. The van der Waals surface area contributed by atoms with E-state index in [4.69, 9.17) is 12.2 Å². The number of amides is 1. The second kappa shape index (κ2) is 9.94. The molecule has 1 aliphatic heterocycles. The fraction of sp³-hybridized carbons (Fsp3) is 0.222. The highest BCUT2D eigenvalue weighted by atomic mass is 127. The van der Waals surface area contributed by atoms with Gasteiger partial charge in [-0.15, -0.1) is 0 Å². The zero-order valence-electron chi connectivity index (χ0n) is 19.5. The highest BCUT2D eigenvalue weighted by Crippen LogP contribution is 2.42. The summed E-state index contributed by atoms with van der Waals surface area (Å²) in [6, 6.07) is 19.8. The molecule has 35 heavy (non-hydrogen) atoms. The van der Waals surface area contributed by atoms with E-state index in [1.165, 1.54) is 9.13 Å². The standard InChI is InChI=1S/C27H26IN5OS/c1-16-23(24(28)17(2)30-16)26-25(21-11-5-6-14-29-21)32-27(35)33(26)15-13-22(34)31-20-12-7-9-18-8-3-4-10-19(18)20/h3-12,14,25-26,30H,13,15H2,1-2H3,(H,31,34)(H,32,35). The summed E-state index contributed by atoms with van der Waals surface area (Å²) in [4.78, 5) is 23.2. The van der Waals surface area contributed by atoms with E-state index in [1.807, 2.05) is 60.7 Å². The quantitative estimate of drug-likeness (QED) is 0.195. The number of carbonyl (C=O) groups excluding carboxylic acids is 1. The van der Waals surface area contributed by atoms with Crippen molar-refractivity contribution in [2.24, 2.45) is 0 Å². The number of aromatic nitrogens is 2. The van der Waals surface area contributed by atoms with Crippen LogP contribution < -0.4 is 10.6 Å². The van der Waals surface area contributed by atoms with Crippen LogP contribution in [0, 0.1) is 17.4 Å². The molecule has 0 aliphatic carbocycles. The van der Waals surface area contributed by atoms with Gasteiger partial charge in [0.25, 0.3) is 0 Å². The van der Waals surface area contributed by atoms with Gasteiger partial charge in [-0.05, 0) is 72.2 Å². The Labute approximate surface area is 223 Å². The molecular weight excluding hydrogens is 569 g/mol. The van der Waals surface area contributed by atoms with Gasteiger partial charge in [-0.2, -0.15) is 0 Å². The summed E-state index contributed by atoms with van der Waals surface area (Å²) in [5.74, 6) is -0.0409. The van der Waals surface area contributed by atoms with Crippen LogP contribution in [-0.2, 0) is 4.79 Å². The second-order valence-electron chi connectivity index (χ2n) is 8.75. The van der Waals surface area contributed by atoms with Gasteiger partial charge in [-0.3, -0.25) is 9.78 Å². The summed E-state index contributed by atoms with van der Waals surface area (Å²) in [7, 11) is 0. The van der Waals surface area contributed by atoms with E-state index in [1.54, 1.807) is 6.20 Å². The molecule has 1 aliphatic rings. The fourth-order valence-electron chi connectivity index (χ4n) is 4.85. The van der Waals surface area contributed by atoms with Gasteiger partial charge in [0.05, 0.1) is 17.8 Å². The molecule has 1 fully saturated rings. The maximum atomic E-state index is 13.0. The van der Waals surface area contributed by atoms with Crippen molar-refractivity contribution in [3.8, 4) is 0 Å². The number of halogens is 1. The lowest BCUT2D eigenvalue weighted by Gasteiger charge is -2.28. The van der Waals surface area contributed by atoms with Crippen molar-refractivity contribution < 1.29 is 4.79 Å². The number of H-pyrrole nitrogens is 1. The monoisotopic (exact) mass is 595 g/mol. The average Bonchev–Trinajstić information content (AvgIpc) is 3.31. The Bertz CT molecular complexity index is 1400. The molecule has 3 N–H and O–H groups in total. The number of hydrogen-bond acceptors (Lipinski definition) is 3. The van der Waals surface area contributed by atoms with E-state index in [0.717, 1.165) is 33.5 Å². The third kappa shape index (κ3) is 4.64. The Kier molecular flexibility index (Phi) is 6.75. The SMILES string of the molecule is Cc1[nH]c(C)c(C2C(c3ccccn3)NC(=S)N2CCC(=O)Nc2cccc3ccccc23)c1I. The van der Waals surface area contributed by atoms with Crippen molar-refractivity contribution in [3.05, 3.63) is 93.1 Å². The lowest BCUT2D eigenvalue weighted by Crippen LogP contribution is -2.33. The van der Waals surface area contributed by atoms with Gasteiger partial charge in [-0.25, -0.2) is 0 Å². The number of fused-ring (bicyclic) bond motifs is 1. The van der Waals surface area contributed by atoms with Crippen molar-refractivity contribution in [3.63, 3.8) is 0 Å². The van der Waals surface area contributed by atoms with Crippen LogP contribution in [0.4, 0.5) is 5.69 Å². The molecule has 1 saturated heterocycles. The third-order valence-corrected chi connectivity index (χ3v) is 8.22. The molecule has 6 nitrogen and oxygen atoms in total. The Hall–Kier alpha value is -2.98. The number of aryl methyl sites for hydroxylation is 2. The number of pyridine rings is 1. The fourth-order valence-corrected chi connectivity index (χ4v) is 6.04. The predicted octanol–water partition coefficient (Wildman–Crippen LogP) is 5.79. The number of nitrogens with zero attached hydrogens (tertiary/aromatic N) is 2. The first-order valence-electron chi connectivity index (χ1n) is 11.5. The van der Waals surface area contributed by atoms with Gasteiger partial charge >= 0.3 is 0 Å². The Balaban J connectivity index is 1.40. The Morgan fingerprint density at radius 1 is 1.09 bits per heavy atom. The van der Waals surface area contributed by atoms with E-state index in [9.17, 15) is 4.79 Å². The molecule has 0 radical (unpaired) electrons. The normalized spacial score (nSPS) is 17.6. The van der Waals surface area contributed by atoms with Crippen LogP contribution in [0.3, 0.4) is 0 Å². The summed E-state index contributed by atoms with van der Waals surface area (Å²) < 4.78 is 1.18. The number of benzene rings is 2. The lowest BCUT2D eigenvalue weighted by atomic mass is 9.96. The molecule has 4 aromatic rings. The molecule has 2 unspecified atom stereocenters. The summed E-state index contributed by atoms with van der Waals surface area (Å²) >= 11 is 8.17. The van der Waals surface area contributed by atoms with Crippen LogP contribution in [-0.4, -0.2) is 32.4 Å². The molecule has 0 saturated carbocycles. The second-order valence-corrected chi connectivity index (χ2v) is 10.2.